The number of nitrogens with zero attached hydrogens (tertiary/aromatic N) is 2. The van der Waals surface area contributed by atoms with Crippen LogP contribution < -0.4 is 4.74 Å². The van der Waals surface area contributed by atoms with E-state index in [1.165, 1.54) is 10.8 Å². The molecule has 0 saturated heterocycles. The maximum atomic E-state index is 5.66. The lowest BCUT2D eigenvalue weighted by molar-refractivity contribution is 0.462. The third-order valence-electron chi connectivity index (χ3n) is 3.53. The first kappa shape index (κ1) is 12.6. The lowest BCUT2D eigenvalue weighted by Gasteiger charge is -2.07. The van der Waals surface area contributed by atoms with Crippen molar-refractivity contribution in [2.24, 2.45) is 0 Å². The van der Waals surface area contributed by atoms with Gasteiger partial charge in [-0.2, -0.15) is 10.3 Å². The van der Waals surface area contributed by atoms with Crippen molar-refractivity contribution < 1.29 is 4.74 Å². The summed E-state index contributed by atoms with van der Waals surface area (Å²) in [4.78, 5) is 0. The Morgan fingerprint density at radius 1 is 0.773 bits per heavy atom. The molecule has 4 aromatic rings. The molecule has 0 atom stereocenters. The minimum absolute atomic E-state index is 0.454. The Morgan fingerprint density at radius 2 is 1.64 bits per heavy atom. The molecule has 4 rings (SSSR count). The Balaban J connectivity index is 1.71. The number of H-pyrrole nitrogens is 1. The molecule has 0 spiro atoms. The van der Waals surface area contributed by atoms with Gasteiger partial charge in [-0.3, -0.25) is 0 Å². The van der Waals surface area contributed by atoms with Gasteiger partial charge in [0.1, 0.15) is 11.9 Å². The van der Waals surface area contributed by atoms with Crippen LogP contribution in [0.4, 0.5) is 0 Å². The van der Waals surface area contributed by atoms with Gasteiger partial charge in [0.05, 0.1) is 0 Å². The van der Waals surface area contributed by atoms with Gasteiger partial charge in [0.15, 0.2) is 0 Å². The summed E-state index contributed by atoms with van der Waals surface area (Å²) in [6, 6.07) is 22.7. The second kappa shape index (κ2) is 5.33. The van der Waals surface area contributed by atoms with E-state index in [0.717, 1.165) is 16.9 Å². The van der Waals surface area contributed by atoms with Gasteiger partial charge in [-0.1, -0.05) is 48.5 Å². The zero-order chi connectivity index (χ0) is 14.8. The van der Waals surface area contributed by atoms with Crippen LogP contribution in [-0.4, -0.2) is 15.4 Å². The predicted molar refractivity (Wildman–Crippen MR) is 85.8 cm³/mol. The summed E-state index contributed by atoms with van der Waals surface area (Å²) in [6.45, 7) is 0. The maximum Gasteiger partial charge on any atom is 0.258 e. The molecule has 0 unspecified atom stereocenters. The largest absolute Gasteiger partial charge is 0.436 e. The van der Waals surface area contributed by atoms with Crippen LogP contribution in [0.25, 0.3) is 21.9 Å². The van der Waals surface area contributed by atoms with E-state index in [9.17, 15) is 0 Å². The molecule has 0 aliphatic carbocycles. The fourth-order valence-corrected chi connectivity index (χ4v) is 2.47. The fourth-order valence-electron chi connectivity index (χ4n) is 2.47. The highest BCUT2D eigenvalue weighted by molar-refractivity contribution is 5.87. The highest BCUT2D eigenvalue weighted by Gasteiger charge is 2.04. The number of aromatic nitrogens is 3. The molecule has 0 aliphatic heterocycles. The van der Waals surface area contributed by atoms with Gasteiger partial charge in [0.25, 0.3) is 5.88 Å². The van der Waals surface area contributed by atoms with Crippen LogP contribution in [0.15, 0.2) is 72.9 Å². The summed E-state index contributed by atoms with van der Waals surface area (Å²) in [6.07, 6.45) is 1.54. The average Bonchev–Trinajstić information content (AvgIpc) is 3.08. The second-order valence-corrected chi connectivity index (χ2v) is 5.00. The van der Waals surface area contributed by atoms with Gasteiger partial charge in [-0.25, -0.2) is 0 Å². The normalized spacial score (nSPS) is 10.7. The lowest BCUT2D eigenvalue weighted by Crippen LogP contribution is -1.85. The van der Waals surface area contributed by atoms with E-state index < -0.39 is 0 Å². The molecule has 106 valence electrons. The van der Waals surface area contributed by atoms with Crippen LogP contribution >= 0.6 is 0 Å². The molecule has 1 heterocycles. The Labute approximate surface area is 127 Å². The highest BCUT2D eigenvalue weighted by Crippen LogP contribution is 2.28. The minimum atomic E-state index is 0.454. The van der Waals surface area contributed by atoms with Crippen LogP contribution in [0.2, 0.25) is 0 Å². The van der Waals surface area contributed by atoms with Gasteiger partial charge >= 0.3 is 0 Å². The standard InChI is InChI=1S/C18H13N3O/c1-2-5-14-10-16(9-8-13(14)4-1)15-6-3-7-17(11-15)22-18-12-19-21-20-18/h1-12H,(H,19,20,21). The van der Waals surface area contributed by atoms with Crippen molar-refractivity contribution in [3.8, 4) is 22.8 Å². The Kier molecular flexibility index (Phi) is 3.05. The molecule has 1 aromatic heterocycles. The summed E-state index contributed by atoms with van der Waals surface area (Å²) >= 11 is 0. The summed E-state index contributed by atoms with van der Waals surface area (Å²) in [7, 11) is 0. The van der Waals surface area contributed by atoms with E-state index in [4.69, 9.17) is 4.74 Å². The van der Waals surface area contributed by atoms with Crippen LogP contribution in [0.5, 0.6) is 11.6 Å². The predicted octanol–water partition coefficient (Wildman–Crippen LogP) is 4.42. The molecule has 4 nitrogen and oxygen atoms in total. The third kappa shape index (κ3) is 2.42. The van der Waals surface area contributed by atoms with E-state index in [1.807, 2.05) is 24.3 Å². The fraction of sp³-hybridized carbons (Fsp3) is 0. The zero-order valence-electron chi connectivity index (χ0n) is 11.7. The molecule has 0 aliphatic rings. The van der Waals surface area contributed by atoms with Crippen molar-refractivity contribution in [3.05, 3.63) is 72.9 Å². The zero-order valence-corrected chi connectivity index (χ0v) is 11.7. The van der Waals surface area contributed by atoms with Crippen molar-refractivity contribution in [2.45, 2.75) is 0 Å². The molecule has 4 heteroatoms. The summed E-state index contributed by atoms with van der Waals surface area (Å²) in [5, 5.41) is 12.6. The van der Waals surface area contributed by atoms with Gasteiger partial charge < -0.3 is 4.74 Å². The number of aromatic amines is 1. The molecule has 0 saturated carbocycles. The molecule has 0 amide bonds. The summed E-state index contributed by atoms with van der Waals surface area (Å²) in [5.74, 6) is 1.19. The molecule has 0 bridgehead atoms. The number of hydrogen-bond donors (Lipinski definition) is 1. The smallest absolute Gasteiger partial charge is 0.258 e. The van der Waals surface area contributed by atoms with Gasteiger partial charge in [0, 0.05) is 0 Å². The number of ether oxygens (including phenoxy) is 1. The molecular formula is C18H13N3O. The SMILES string of the molecule is c1cc(Oc2cn[nH]n2)cc(-c2ccc3ccccc3c2)c1. The summed E-state index contributed by atoms with van der Waals surface area (Å²) < 4.78 is 5.66. The van der Waals surface area contributed by atoms with E-state index in [2.05, 4.69) is 57.9 Å². The van der Waals surface area contributed by atoms with Crippen molar-refractivity contribution >= 4 is 10.8 Å². The topological polar surface area (TPSA) is 50.8 Å². The van der Waals surface area contributed by atoms with Crippen LogP contribution in [-0.2, 0) is 0 Å². The second-order valence-electron chi connectivity index (χ2n) is 5.00. The van der Waals surface area contributed by atoms with Crippen LogP contribution in [0.1, 0.15) is 0 Å². The van der Waals surface area contributed by atoms with Crippen LogP contribution in [0.3, 0.4) is 0 Å². The Hall–Kier alpha value is -3.14. The van der Waals surface area contributed by atoms with Crippen molar-refractivity contribution in [2.75, 3.05) is 0 Å². The van der Waals surface area contributed by atoms with Crippen molar-refractivity contribution in [3.63, 3.8) is 0 Å². The van der Waals surface area contributed by atoms with Gasteiger partial charge in [0.2, 0.25) is 0 Å². The van der Waals surface area contributed by atoms with E-state index in [-0.39, 0.29) is 0 Å². The number of fused-ring (bicyclic) bond motifs is 1. The van der Waals surface area contributed by atoms with Crippen molar-refractivity contribution in [1.82, 2.24) is 15.4 Å². The van der Waals surface area contributed by atoms with Gasteiger partial charge in [-0.15, -0.1) is 5.10 Å². The van der Waals surface area contributed by atoms with E-state index in [1.54, 1.807) is 6.20 Å². The van der Waals surface area contributed by atoms with Gasteiger partial charge in [-0.05, 0) is 40.1 Å². The molecule has 22 heavy (non-hydrogen) atoms. The van der Waals surface area contributed by atoms with Crippen LogP contribution in [0, 0.1) is 0 Å². The Bertz CT molecular complexity index is 916. The number of nitrogens with one attached hydrogen (secondary N) is 1. The van der Waals surface area contributed by atoms with E-state index >= 15 is 0 Å². The average molecular weight is 287 g/mol. The number of benzene rings is 3. The first-order chi connectivity index (χ1) is 10.9. The Morgan fingerprint density at radius 3 is 2.50 bits per heavy atom. The first-order valence-electron chi connectivity index (χ1n) is 7.01. The molecular weight excluding hydrogens is 274 g/mol. The summed E-state index contributed by atoms with van der Waals surface area (Å²) in [5.41, 5.74) is 2.26. The van der Waals surface area contributed by atoms with Crippen molar-refractivity contribution in [1.29, 1.82) is 0 Å². The van der Waals surface area contributed by atoms with E-state index in [0.29, 0.717) is 5.88 Å². The third-order valence-corrected chi connectivity index (χ3v) is 3.53. The number of hydrogen-bond acceptors (Lipinski definition) is 3. The number of rotatable bonds is 3. The molecule has 1 N–H and O–H groups in total. The first-order valence-corrected chi connectivity index (χ1v) is 7.01. The molecule has 0 radical (unpaired) electrons. The highest BCUT2D eigenvalue weighted by atomic mass is 16.5. The quantitative estimate of drug-likeness (QED) is 0.607. The lowest BCUT2D eigenvalue weighted by atomic mass is 10.0. The molecule has 0 fully saturated rings. The monoisotopic (exact) mass is 287 g/mol. The maximum absolute atomic E-state index is 5.66. The molecule has 3 aromatic carbocycles. The minimum Gasteiger partial charge on any atom is -0.436 e.